The third-order valence-electron chi connectivity index (χ3n) is 3.68. The Morgan fingerprint density at radius 2 is 2.16 bits per heavy atom. The van der Waals surface area contributed by atoms with Crippen LogP contribution in [0.15, 0.2) is 5.16 Å². The monoisotopic (exact) mass is 278 g/mol. The summed E-state index contributed by atoms with van der Waals surface area (Å²) < 4.78 is 1.95. The lowest BCUT2D eigenvalue weighted by Gasteiger charge is -2.12. The summed E-state index contributed by atoms with van der Waals surface area (Å²) in [5.74, 6) is 0.708. The lowest BCUT2D eigenvalue weighted by Crippen LogP contribution is -2.31. The van der Waals surface area contributed by atoms with E-state index in [1.807, 2.05) is 4.68 Å². The number of nitrogens with zero attached hydrogens (tertiary/aromatic N) is 5. The molecule has 0 saturated heterocycles. The molecule has 0 bridgehead atoms. The normalized spacial score (nSPS) is 21.4. The van der Waals surface area contributed by atoms with Gasteiger partial charge in [-0.1, -0.05) is 24.6 Å². The zero-order chi connectivity index (χ0) is 13.1. The Hall–Kier alpha value is -1.13. The molecular formula is C12H18N6S. The first-order chi connectivity index (χ1) is 9.36. The van der Waals surface area contributed by atoms with Gasteiger partial charge in [-0.25, -0.2) is 4.68 Å². The highest BCUT2D eigenvalue weighted by Gasteiger charge is 2.26. The van der Waals surface area contributed by atoms with Gasteiger partial charge in [0.15, 0.2) is 0 Å². The van der Waals surface area contributed by atoms with Crippen molar-refractivity contribution >= 4 is 11.8 Å². The van der Waals surface area contributed by atoms with E-state index in [4.69, 9.17) is 5.26 Å². The maximum atomic E-state index is 9.13. The van der Waals surface area contributed by atoms with E-state index >= 15 is 0 Å². The number of thioether (sulfide) groups is 1. The maximum absolute atomic E-state index is 9.13. The molecule has 3 rings (SSSR count). The molecule has 1 heterocycles. The maximum Gasteiger partial charge on any atom is 0.209 e. The summed E-state index contributed by atoms with van der Waals surface area (Å²) in [6.07, 6.45) is 7.25. The summed E-state index contributed by atoms with van der Waals surface area (Å²) in [6.45, 7) is 0. The van der Waals surface area contributed by atoms with Crippen molar-refractivity contribution in [1.29, 1.82) is 5.26 Å². The minimum atomic E-state index is -0.105. The SMILES string of the molecule is N#CC(CSc1nnnn1C1CCCC1)NC1CC1. The smallest absolute Gasteiger partial charge is 0.209 e. The molecule has 1 unspecified atom stereocenters. The van der Waals surface area contributed by atoms with Crippen LogP contribution in [0.4, 0.5) is 0 Å². The topological polar surface area (TPSA) is 79.4 Å². The van der Waals surface area contributed by atoms with E-state index < -0.39 is 0 Å². The fourth-order valence-electron chi connectivity index (χ4n) is 2.47. The Kier molecular flexibility index (Phi) is 3.99. The molecular weight excluding hydrogens is 260 g/mol. The Morgan fingerprint density at radius 1 is 1.37 bits per heavy atom. The highest BCUT2D eigenvalue weighted by Crippen LogP contribution is 2.31. The van der Waals surface area contributed by atoms with Crippen molar-refractivity contribution in [3.05, 3.63) is 0 Å². The van der Waals surface area contributed by atoms with Gasteiger partial charge in [-0.05, 0) is 36.1 Å². The fraction of sp³-hybridized carbons (Fsp3) is 0.833. The zero-order valence-electron chi connectivity index (χ0n) is 10.8. The lowest BCUT2D eigenvalue weighted by molar-refractivity contribution is 0.423. The molecule has 2 fully saturated rings. The van der Waals surface area contributed by atoms with Gasteiger partial charge in [-0.2, -0.15) is 5.26 Å². The first-order valence-electron chi connectivity index (χ1n) is 6.93. The predicted octanol–water partition coefficient (Wildman–Crippen LogP) is 1.52. The first-order valence-corrected chi connectivity index (χ1v) is 7.91. The van der Waals surface area contributed by atoms with Crippen molar-refractivity contribution in [3.63, 3.8) is 0 Å². The van der Waals surface area contributed by atoms with Crippen molar-refractivity contribution in [2.75, 3.05) is 5.75 Å². The van der Waals surface area contributed by atoms with Gasteiger partial charge >= 0.3 is 0 Å². The second-order valence-corrected chi connectivity index (χ2v) is 6.27. The molecule has 0 amide bonds. The van der Waals surface area contributed by atoms with Crippen LogP contribution in [0.1, 0.15) is 44.6 Å². The number of hydrogen-bond acceptors (Lipinski definition) is 6. The second kappa shape index (κ2) is 5.88. The summed E-state index contributed by atoms with van der Waals surface area (Å²) in [5, 5.41) is 25.3. The van der Waals surface area contributed by atoms with Crippen LogP contribution < -0.4 is 5.32 Å². The number of rotatable bonds is 6. The molecule has 0 aromatic carbocycles. The van der Waals surface area contributed by atoms with Gasteiger partial charge in [0.2, 0.25) is 5.16 Å². The highest BCUT2D eigenvalue weighted by molar-refractivity contribution is 7.99. The van der Waals surface area contributed by atoms with Crippen LogP contribution in [0, 0.1) is 11.3 Å². The summed E-state index contributed by atoms with van der Waals surface area (Å²) in [6, 6.07) is 3.21. The van der Waals surface area contributed by atoms with Crippen LogP contribution in [0.2, 0.25) is 0 Å². The van der Waals surface area contributed by atoms with Gasteiger partial charge in [-0.15, -0.1) is 5.10 Å². The number of aromatic nitrogens is 4. The molecule has 1 N–H and O–H groups in total. The van der Waals surface area contributed by atoms with E-state index in [2.05, 4.69) is 26.9 Å². The third-order valence-corrected chi connectivity index (χ3v) is 4.71. The summed E-state index contributed by atoms with van der Waals surface area (Å²) in [4.78, 5) is 0. The highest BCUT2D eigenvalue weighted by atomic mass is 32.2. The Labute approximate surface area is 116 Å². The van der Waals surface area contributed by atoms with Gasteiger partial charge in [0.1, 0.15) is 6.04 Å². The molecule has 0 radical (unpaired) electrons. The molecule has 1 aromatic rings. The molecule has 7 heteroatoms. The minimum absolute atomic E-state index is 0.105. The van der Waals surface area contributed by atoms with E-state index in [0.717, 1.165) is 5.16 Å². The average Bonchev–Trinajstić information content (AvgIpc) is 2.94. The van der Waals surface area contributed by atoms with E-state index in [-0.39, 0.29) is 6.04 Å². The third kappa shape index (κ3) is 3.25. The average molecular weight is 278 g/mol. The van der Waals surface area contributed by atoms with Crippen LogP contribution in [0.25, 0.3) is 0 Å². The Morgan fingerprint density at radius 3 is 2.84 bits per heavy atom. The van der Waals surface area contributed by atoms with E-state index in [9.17, 15) is 0 Å². The Balaban J connectivity index is 1.56. The van der Waals surface area contributed by atoms with Gasteiger partial charge in [0.05, 0.1) is 12.1 Å². The fourth-order valence-corrected chi connectivity index (χ4v) is 3.37. The molecule has 2 aliphatic carbocycles. The van der Waals surface area contributed by atoms with Crippen LogP contribution in [-0.4, -0.2) is 38.0 Å². The Bertz CT molecular complexity index is 457. The molecule has 2 saturated carbocycles. The van der Waals surface area contributed by atoms with Crippen molar-refractivity contribution in [1.82, 2.24) is 25.5 Å². The molecule has 102 valence electrons. The van der Waals surface area contributed by atoms with Gasteiger partial charge in [0.25, 0.3) is 0 Å². The molecule has 2 aliphatic rings. The number of tetrazole rings is 1. The molecule has 0 aliphatic heterocycles. The minimum Gasteiger partial charge on any atom is -0.298 e. The van der Waals surface area contributed by atoms with E-state index in [1.165, 1.54) is 38.5 Å². The van der Waals surface area contributed by atoms with Crippen LogP contribution in [0.5, 0.6) is 0 Å². The van der Waals surface area contributed by atoms with Crippen molar-refractivity contribution in [2.45, 2.75) is 61.8 Å². The van der Waals surface area contributed by atoms with E-state index in [0.29, 0.717) is 17.8 Å². The standard InChI is InChI=1S/C12H18N6S/c13-7-10(14-9-5-6-9)8-19-12-15-16-17-18(12)11-3-1-2-4-11/h9-11,14H,1-6,8H2. The zero-order valence-corrected chi connectivity index (χ0v) is 11.6. The van der Waals surface area contributed by atoms with Gasteiger partial charge in [-0.3, -0.25) is 5.32 Å². The number of hydrogen-bond donors (Lipinski definition) is 1. The van der Waals surface area contributed by atoms with Gasteiger partial charge < -0.3 is 0 Å². The van der Waals surface area contributed by atoms with Crippen LogP contribution in [-0.2, 0) is 0 Å². The first kappa shape index (κ1) is 12.9. The number of nitrogens with one attached hydrogen (secondary N) is 1. The van der Waals surface area contributed by atoms with Crippen molar-refractivity contribution in [3.8, 4) is 6.07 Å². The van der Waals surface area contributed by atoms with Crippen molar-refractivity contribution < 1.29 is 0 Å². The molecule has 0 spiro atoms. The molecule has 19 heavy (non-hydrogen) atoms. The predicted molar refractivity (Wildman–Crippen MR) is 71.6 cm³/mol. The largest absolute Gasteiger partial charge is 0.298 e. The lowest BCUT2D eigenvalue weighted by atomic mass is 10.3. The number of nitriles is 1. The molecule has 1 atom stereocenters. The van der Waals surface area contributed by atoms with Crippen LogP contribution in [0.3, 0.4) is 0 Å². The van der Waals surface area contributed by atoms with Gasteiger partial charge in [0, 0.05) is 11.8 Å². The summed E-state index contributed by atoms with van der Waals surface area (Å²) in [7, 11) is 0. The molecule has 6 nitrogen and oxygen atoms in total. The van der Waals surface area contributed by atoms with E-state index in [1.54, 1.807) is 11.8 Å². The van der Waals surface area contributed by atoms with Crippen molar-refractivity contribution in [2.24, 2.45) is 0 Å². The summed E-state index contributed by atoms with van der Waals surface area (Å²) >= 11 is 1.58. The second-order valence-electron chi connectivity index (χ2n) is 5.28. The quantitative estimate of drug-likeness (QED) is 0.795. The summed E-state index contributed by atoms with van der Waals surface area (Å²) in [5.41, 5.74) is 0. The molecule has 1 aromatic heterocycles. The van der Waals surface area contributed by atoms with Crippen LogP contribution >= 0.6 is 11.8 Å².